The Morgan fingerprint density at radius 2 is 1.14 bits per heavy atom. The van der Waals surface area contributed by atoms with Gasteiger partial charge >= 0.3 is 0 Å². The molecule has 68 valence electrons. The zero-order chi connectivity index (χ0) is 9.71. The highest BCUT2D eigenvalue weighted by atomic mass is 79.9. The number of halogens is 2. The molecule has 2 aromatic rings. The molecule has 2 aromatic carbocycles. The minimum Gasteiger partial charge on any atom is -0.0537 e. The molecule has 1 aliphatic carbocycles. The van der Waals surface area contributed by atoms with Crippen molar-refractivity contribution in [2.45, 2.75) is 0 Å². The molecular weight excluding hydrogens is 304 g/mol. The fourth-order valence-electron chi connectivity index (χ4n) is 1.92. The summed E-state index contributed by atoms with van der Waals surface area (Å²) in [6.07, 6.45) is 4.33. The highest BCUT2D eigenvalue weighted by Crippen LogP contribution is 2.39. The van der Waals surface area contributed by atoms with Gasteiger partial charge in [0.15, 0.2) is 0 Å². The quantitative estimate of drug-likeness (QED) is 0.557. The average molecular weight is 310 g/mol. The van der Waals surface area contributed by atoms with E-state index in [1.54, 1.807) is 0 Å². The Morgan fingerprint density at radius 3 is 1.64 bits per heavy atom. The van der Waals surface area contributed by atoms with Gasteiger partial charge < -0.3 is 0 Å². The van der Waals surface area contributed by atoms with Crippen molar-refractivity contribution < 1.29 is 0 Å². The third-order valence-electron chi connectivity index (χ3n) is 2.57. The van der Waals surface area contributed by atoms with E-state index in [1.807, 2.05) is 0 Å². The van der Waals surface area contributed by atoms with Crippen LogP contribution in [-0.4, -0.2) is 0 Å². The van der Waals surface area contributed by atoms with Gasteiger partial charge in [-0.25, -0.2) is 0 Å². The summed E-state index contributed by atoms with van der Waals surface area (Å²) >= 11 is 7.17. The van der Waals surface area contributed by atoms with E-state index in [0.717, 1.165) is 8.95 Å². The molecule has 0 bridgehead atoms. The second-order valence-corrected chi connectivity index (χ2v) is 5.07. The smallest absolute Gasteiger partial charge is 0.0265 e. The molecule has 0 spiro atoms. The van der Waals surface area contributed by atoms with Crippen LogP contribution in [0.15, 0.2) is 33.2 Å². The van der Waals surface area contributed by atoms with Crippen LogP contribution in [0.4, 0.5) is 0 Å². The van der Waals surface area contributed by atoms with Crippen LogP contribution in [0.3, 0.4) is 0 Å². The maximum atomic E-state index is 3.59. The molecule has 0 heterocycles. The van der Waals surface area contributed by atoms with Crippen LogP contribution in [0.25, 0.3) is 22.9 Å². The van der Waals surface area contributed by atoms with Gasteiger partial charge in [-0.3, -0.25) is 0 Å². The Morgan fingerprint density at radius 1 is 0.643 bits per heavy atom. The summed E-state index contributed by atoms with van der Waals surface area (Å²) < 4.78 is 2.29. The SMILES string of the molecule is Brc1ccc2c3c(ccc(Br)c13)C=C2. The van der Waals surface area contributed by atoms with Gasteiger partial charge in [0, 0.05) is 14.3 Å². The molecule has 1 aliphatic rings. The lowest BCUT2D eigenvalue weighted by molar-refractivity contribution is 1.65. The standard InChI is InChI=1S/C12H6Br2/c13-9-5-3-7-1-2-8-4-6-10(14)12(9)11(7)8/h1-6H. The van der Waals surface area contributed by atoms with Crippen LogP contribution in [-0.2, 0) is 0 Å². The fourth-order valence-corrected chi connectivity index (χ4v) is 3.28. The summed E-state index contributed by atoms with van der Waals surface area (Å²) in [7, 11) is 0. The van der Waals surface area contributed by atoms with E-state index in [0.29, 0.717) is 0 Å². The number of rotatable bonds is 0. The van der Waals surface area contributed by atoms with Crippen molar-refractivity contribution in [3.8, 4) is 0 Å². The fraction of sp³-hybridized carbons (Fsp3) is 0. The van der Waals surface area contributed by atoms with Gasteiger partial charge in [0.1, 0.15) is 0 Å². The molecule has 0 atom stereocenters. The van der Waals surface area contributed by atoms with E-state index in [2.05, 4.69) is 68.3 Å². The van der Waals surface area contributed by atoms with Crippen LogP contribution in [0.5, 0.6) is 0 Å². The van der Waals surface area contributed by atoms with Crippen molar-refractivity contribution in [2.24, 2.45) is 0 Å². The largest absolute Gasteiger partial charge is 0.0537 e. The normalized spacial score (nSPS) is 12.7. The first kappa shape index (κ1) is 8.69. The highest BCUT2D eigenvalue weighted by Gasteiger charge is 2.12. The van der Waals surface area contributed by atoms with Crippen LogP contribution in [0.2, 0.25) is 0 Å². The van der Waals surface area contributed by atoms with Gasteiger partial charge in [0.25, 0.3) is 0 Å². The summed E-state index contributed by atoms with van der Waals surface area (Å²) in [5, 5.41) is 2.61. The summed E-state index contributed by atoms with van der Waals surface area (Å²) in [5.74, 6) is 0. The Bertz CT molecular complexity index is 521. The Hall–Kier alpha value is -0.600. The van der Waals surface area contributed by atoms with E-state index in [4.69, 9.17) is 0 Å². The van der Waals surface area contributed by atoms with Crippen LogP contribution in [0, 0.1) is 0 Å². The first-order valence-corrected chi connectivity index (χ1v) is 5.95. The van der Waals surface area contributed by atoms with E-state index < -0.39 is 0 Å². The summed E-state index contributed by atoms with van der Waals surface area (Å²) in [6, 6.07) is 8.49. The summed E-state index contributed by atoms with van der Waals surface area (Å²) in [4.78, 5) is 0. The Labute approximate surface area is 98.9 Å². The van der Waals surface area contributed by atoms with E-state index in [9.17, 15) is 0 Å². The minimum absolute atomic E-state index is 1.15. The van der Waals surface area contributed by atoms with Crippen LogP contribution < -0.4 is 0 Å². The second-order valence-electron chi connectivity index (χ2n) is 3.36. The van der Waals surface area contributed by atoms with E-state index >= 15 is 0 Å². The molecule has 0 amide bonds. The summed E-state index contributed by atoms with van der Waals surface area (Å²) in [5.41, 5.74) is 2.61. The summed E-state index contributed by atoms with van der Waals surface area (Å²) in [6.45, 7) is 0. The topological polar surface area (TPSA) is 0 Å². The maximum absolute atomic E-state index is 3.59. The zero-order valence-corrected chi connectivity index (χ0v) is 10.4. The molecule has 2 heteroatoms. The van der Waals surface area contributed by atoms with Gasteiger partial charge in [0.2, 0.25) is 0 Å². The minimum atomic E-state index is 1.15. The first-order valence-electron chi connectivity index (χ1n) is 4.36. The predicted molar refractivity (Wildman–Crippen MR) is 68.3 cm³/mol. The molecule has 0 unspecified atom stereocenters. The lowest BCUT2D eigenvalue weighted by Crippen LogP contribution is -1.81. The maximum Gasteiger partial charge on any atom is 0.0265 e. The van der Waals surface area contributed by atoms with E-state index in [-0.39, 0.29) is 0 Å². The van der Waals surface area contributed by atoms with Crippen molar-refractivity contribution in [2.75, 3.05) is 0 Å². The third-order valence-corrected chi connectivity index (χ3v) is 3.89. The van der Waals surface area contributed by atoms with Crippen molar-refractivity contribution in [1.82, 2.24) is 0 Å². The van der Waals surface area contributed by atoms with Gasteiger partial charge in [-0.05, 0) is 28.6 Å². The van der Waals surface area contributed by atoms with Crippen molar-refractivity contribution in [3.05, 3.63) is 44.3 Å². The number of benzene rings is 2. The lowest BCUT2D eigenvalue weighted by Gasteiger charge is -2.06. The predicted octanol–water partition coefficient (Wildman–Crippen LogP) is 4.85. The molecule has 3 rings (SSSR count). The molecule has 0 N–H and O–H groups in total. The van der Waals surface area contributed by atoms with Crippen LogP contribution >= 0.6 is 31.9 Å². The molecule has 0 nitrogen and oxygen atoms in total. The van der Waals surface area contributed by atoms with Gasteiger partial charge in [-0.2, -0.15) is 0 Å². The first-order chi connectivity index (χ1) is 6.77. The Balaban J connectivity index is 2.64. The Kier molecular flexibility index (Phi) is 1.83. The van der Waals surface area contributed by atoms with Crippen molar-refractivity contribution >= 4 is 54.8 Å². The molecule has 0 radical (unpaired) electrons. The molecule has 0 aliphatic heterocycles. The molecule has 0 aromatic heterocycles. The average Bonchev–Trinajstić information content (AvgIpc) is 2.58. The zero-order valence-electron chi connectivity index (χ0n) is 7.22. The number of hydrogen-bond acceptors (Lipinski definition) is 0. The third kappa shape index (κ3) is 1.04. The van der Waals surface area contributed by atoms with Gasteiger partial charge in [-0.15, -0.1) is 0 Å². The molecule has 0 saturated heterocycles. The van der Waals surface area contributed by atoms with Crippen molar-refractivity contribution in [3.63, 3.8) is 0 Å². The van der Waals surface area contributed by atoms with Crippen molar-refractivity contribution in [1.29, 1.82) is 0 Å². The van der Waals surface area contributed by atoms with Gasteiger partial charge in [-0.1, -0.05) is 56.1 Å². The van der Waals surface area contributed by atoms with Gasteiger partial charge in [0.05, 0.1) is 0 Å². The highest BCUT2D eigenvalue weighted by molar-refractivity contribution is 9.11. The molecule has 0 fully saturated rings. The second kappa shape index (κ2) is 2.94. The monoisotopic (exact) mass is 308 g/mol. The van der Waals surface area contributed by atoms with Crippen LogP contribution in [0.1, 0.15) is 11.1 Å². The van der Waals surface area contributed by atoms with E-state index in [1.165, 1.54) is 21.9 Å². The molecule has 14 heavy (non-hydrogen) atoms. The molecule has 0 saturated carbocycles. The lowest BCUT2D eigenvalue weighted by atomic mass is 10.0. The number of hydrogen-bond donors (Lipinski definition) is 0. The molecular formula is C12H6Br2.